The number of likely N-dealkylation sites (tertiary alicyclic amines) is 1. The molecule has 1 aromatic carbocycles. The molecule has 0 radical (unpaired) electrons. The molecule has 0 spiro atoms. The van der Waals surface area contributed by atoms with Crippen LogP contribution in [0.2, 0.25) is 5.02 Å². The van der Waals surface area contributed by atoms with Crippen LogP contribution in [0.25, 0.3) is 0 Å². The Labute approximate surface area is 138 Å². The number of piperidine rings is 1. The van der Waals surface area contributed by atoms with Crippen molar-refractivity contribution in [2.24, 2.45) is 5.92 Å². The number of alkyl halides is 3. The number of benzene rings is 1. The Morgan fingerprint density at radius 3 is 2.65 bits per heavy atom. The van der Waals surface area contributed by atoms with Crippen LogP contribution >= 0.6 is 11.6 Å². The van der Waals surface area contributed by atoms with E-state index in [1.165, 1.54) is 0 Å². The molecule has 128 valence electrons. The van der Waals surface area contributed by atoms with Crippen LogP contribution in [0.15, 0.2) is 24.3 Å². The highest BCUT2D eigenvalue weighted by Crippen LogP contribution is 2.33. The third kappa shape index (κ3) is 5.11. The van der Waals surface area contributed by atoms with Crippen LogP contribution in [0.4, 0.5) is 13.2 Å². The van der Waals surface area contributed by atoms with E-state index in [1.54, 1.807) is 36.1 Å². The normalized spacial score (nSPS) is 21.0. The Balaban J connectivity index is 1.87. The van der Waals surface area contributed by atoms with Crippen LogP contribution in [-0.4, -0.2) is 36.1 Å². The first-order valence-corrected chi connectivity index (χ1v) is 7.98. The minimum absolute atomic E-state index is 0.112. The molecule has 1 N–H and O–H groups in total. The summed E-state index contributed by atoms with van der Waals surface area (Å²) >= 11 is 5.79. The minimum Gasteiger partial charge on any atom is -0.351 e. The summed E-state index contributed by atoms with van der Waals surface area (Å²) in [7, 11) is 0. The molecule has 2 rings (SSSR count). The maximum Gasteiger partial charge on any atom is 0.393 e. The summed E-state index contributed by atoms with van der Waals surface area (Å²) in [6.45, 7) is 2.38. The first kappa shape index (κ1) is 18.1. The van der Waals surface area contributed by atoms with Gasteiger partial charge in [0.25, 0.3) is 0 Å². The molecule has 23 heavy (non-hydrogen) atoms. The third-order valence-electron chi connectivity index (χ3n) is 4.22. The van der Waals surface area contributed by atoms with Gasteiger partial charge in [-0.2, -0.15) is 13.2 Å². The van der Waals surface area contributed by atoms with Crippen molar-refractivity contribution in [1.29, 1.82) is 0 Å². The number of carbonyl (C=O) groups is 1. The number of amides is 1. The lowest BCUT2D eigenvalue weighted by atomic mass is 9.96. The SMILES string of the molecule is C[C@H](C(=O)NCc1ccc(Cl)cc1)N1CCC[C@H](C(F)(F)F)C1. The quantitative estimate of drug-likeness (QED) is 0.901. The molecule has 2 atom stereocenters. The van der Waals surface area contributed by atoms with Gasteiger partial charge in [0.05, 0.1) is 12.0 Å². The Bertz CT molecular complexity index is 533. The van der Waals surface area contributed by atoms with Gasteiger partial charge in [0.1, 0.15) is 0 Å². The van der Waals surface area contributed by atoms with Crippen molar-refractivity contribution < 1.29 is 18.0 Å². The van der Waals surface area contributed by atoms with Gasteiger partial charge in [-0.25, -0.2) is 0 Å². The first-order chi connectivity index (χ1) is 10.8. The number of hydrogen-bond donors (Lipinski definition) is 1. The number of halogens is 4. The Morgan fingerprint density at radius 2 is 2.04 bits per heavy atom. The van der Waals surface area contributed by atoms with Crippen molar-refractivity contribution in [2.75, 3.05) is 13.1 Å². The summed E-state index contributed by atoms with van der Waals surface area (Å²) in [5.41, 5.74) is 0.891. The molecule has 0 aromatic heterocycles. The van der Waals surface area contributed by atoms with E-state index in [0.29, 0.717) is 24.5 Å². The lowest BCUT2D eigenvalue weighted by molar-refractivity contribution is -0.188. The van der Waals surface area contributed by atoms with E-state index >= 15 is 0 Å². The fraction of sp³-hybridized carbons (Fsp3) is 0.562. The van der Waals surface area contributed by atoms with Gasteiger partial charge in [-0.3, -0.25) is 9.69 Å². The van der Waals surface area contributed by atoms with Crippen LogP contribution in [0.1, 0.15) is 25.3 Å². The van der Waals surface area contributed by atoms with E-state index in [0.717, 1.165) is 5.56 Å². The molecule has 1 aromatic rings. The van der Waals surface area contributed by atoms with Crippen LogP contribution in [0.3, 0.4) is 0 Å². The maximum absolute atomic E-state index is 12.8. The average molecular weight is 349 g/mol. The van der Waals surface area contributed by atoms with Gasteiger partial charge < -0.3 is 5.32 Å². The van der Waals surface area contributed by atoms with Gasteiger partial charge in [0.2, 0.25) is 5.91 Å². The highest BCUT2D eigenvalue weighted by atomic mass is 35.5. The van der Waals surface area contributed by atoms with Gasteiger partial charge in [0, 0.05) is 18.1 Å². The summed E-state index contributed by atoms with van der Waals surface area (Å²) in [4.78, 5) is 13.8. The maximum atomic E-state index is 12.8. The molecule has 1 amide bonds. The zero-order chi connectivity index (χ0) is 17.0. The Morgan fingerprint density at radius 1 is 1.39 bits per heavy atom. The van der Waals surface area contributed by atoms with Gasteiger partial charge in [-0.1, -0.05) is 23.7 Å². The molecule has 0 aliphatic carbocycles. The van der Waals surface area contributed by atoms with E-state index in [2.05, 4.69) is 5.32 Å². The monoisotopic (exact) mass is 348 g/mol. The van der Waals surface area contributed by atoms with E-state index in [9.17, 15) is 18.0 Å². The van der Waals surface area contributed by atoms with Crippen LogP contribution < -0.4 is 5.32 Å². The average Bonchev–Trinajstić information content (AvgIpc) is 2.52. The lowest BCUT2D eigenvalue weighted by Crippen LogP contribution is -2.51. The number of nitrogens with zero attached hydrogens (tertiary/aromatic N) is 1. The number of carbonyl (C=O) groups excluding carboxylic acids is 1. The molecule has 7 heteroatoms. The molecule has 3 nitrogen and oxygen atoms in total. The van der Waals surface area contributed by atoms with Crippen LogP contribution in [0.5, 0.6) is 0 Å². The summed E-state index contributed by atoms with van der Waals surface area (Å²) in [5, 5.41) is 3.38. The van der Waals surface area contributed by atoms with Gasteiger partial charge in [0.15, 0.2) is 0 Å². The Kier molecular flexibility index (Phi) is 5.92. The third-order valence-corrected chi connectivity index (χ3v) is 4.47. The summed E-state index contributed by atoms with van der Waals surface area (Å²) in [5.74, 6) is -1.61. The highest BCUT2D eigenvalue weighted by molar-refractivity contribution is 6.30. The zero-order valence-corrected chi connectivity index (χ0v) is 13.6. The van der Waals surface area contributed by atoms with Crippen molar-refractivity contribution in [3.8, 4) is 0 Å². The summed E-state index contributed by atoms with van der Waals surface area (Å²) in [6, 6.07) is 6.48. The highest BCUT2D eigenvalue weighted by Gasteiger charge is 2.43. The molecular weight excluding hydrogens is 329 g/mol. The van der Waals surface area contributed by atoms with E-state index in [4.69, 9.17) is 11.6 Å². The number of rotatable bonds is 4. The minimum atomic E-state index is -4.20. The molecular formula is C16H20ClF3N2O. The van der Waals surface area contributed by atoms with Crippen LogP contribution in [0, 0.1) is 5.92 Å². The van der Waals surface area contributed by atoms with E-state index in [1.807, 2.05) is 0 Å². The van der Waals surface area contributed by atoms with Crippen molar-refractivity contribution in [3.05, 3.63) is 34.9 Å². The molecule has 1 aliphatic rings. The van der Waals surface area contributed by atoms with Gasteiger partial charge >= 0.3 is 6.18 Å². The first-order valence-electron chi connectivity index (χ1n) is 7.60. The smallest absolute Gasteiger partial charge is 0.351 e. The second kappa shape index (κ2) is 7.53. The van der Waals surface area contributed by atoms with Crippen molar-refractivity contribution >= 4 is 17.5 Å². The van der Waals surface area contributed by atoms with Gasteiger partial charge in [-0.15, -0.1) is 0 Å². The zero-order valence-electron chi connectivity index (χ0n) is 12.9. The topological polar surface area (TPSA) is 32.3 Å². The molecule has 0 bridgehead atoms. The fourth-order valence-electron chi connectivity index (χ4n) is 2.73. The number of nitrogens with one attached hydrogen (secondary N) is 1. The van der Waals surface area contributed by atoms with Crippen molar-refractivity contribution in [1.82, 2.24) is 10.2 Å². The van der Waals surface area contributed by atoms with Crippen molar-refractivity contribution in [3.63, 3.8) is 0 Å². The standard InChI is InChI=1S/C16H20ClF3N2O/c1-11(22-8-2-3-13(10-22)16(18,19)20)15(23)21-9-12-4-6-14(17)7-5-12/h4-7,11,13H,2-3,8-10H2,1H3,(H,21,23)/t11-,13+/m1/s1. The summed E-state index contributed by atoms with van der Waals surface area (Å²) < 4.78 is 38.5. The molecule has 1 heterocycles. The molecule has 1 aliphatic heterocycles. The Hall–Kier alpha value is -1.27. The van der Waals surface area contributed by atoms with E-state index in [-0.39, 0.29) is 18.9 Å². The van der Waals surface area contributed by atoms with Gasteiger partial charge in [-0.05, 0) is 44.0 Å². The predicted molar refractivity (Wildman–Crippen MR) is 83.1 cm³/mol. The molecule has 1 saturated heterocycles. The second-order valence-electron chi connectivity index (χ2n) is 5.90. The van der Waals surface area contributed by atoms with Crippen LogP contribution in [-0.2, 0) is 11.3 Å². The second-order valence-corrected chi connectivity index (χ2v) is 6.33. The lowest BCUT2D eigenvalue weighted by Gasteiger charge is -2.36. The number of hydrogen-bond acceptors (Lipinski definition) is 2. The largest absolute Gasteiger partial charge is 0.393 e. The molecule has 0 saturated carbocycles. The van der Waals surface area contributed by atoms with Crippen molar-refractivity contribution in [2.45, 2.75) is 38.5 Å². The molecule has 1 fully saturated rings. The predicted octanol–water partition coefficient (Wildman–Crippen LogP) is 3.62. The fourth-order valence-corrected chi connectivity index (χ4v) is 2.86. The van der Waals surface area contributed by atoms with E-state index < -0.39 is 18.1 Å². The summed E-state index contributed by atoms with van der Waals surface area (Å²) in [6.07, 6.45) is -3.60. The molecule has 0 unspecified atom stereocenters.